The number of benzene rings is 1. The van der Waals surface area contributed by atoms with Gasteiger partial charge < -0.3 is 5.32 Å². The monoisotopic (exact) mass is 286 g/mol. The molecular weight excluding hydrogens is 271 g/mol. The van der Waals surface area contributed by atoms with Crippen LogP contribution in [0.2, 0.25) is 0 Å². The van der Waals surface area contributed by atoms with Crippen LogP contribution < -0.4 is 5.32 Å². The molecular formula is C12H15FN2O3S. The number of halogens is 1. The molecule has 1 fully saturated rings. The fourth-order valence-corrected chi connectivity index (χ4v) is 2.89. The Morgan fingerprint density at radius 2 is 2.16 bits per heavy atom. The Hall–Kier alpha value is -1.47. The first-order valence-corrected chi connectivity index (χ1v) is 7.73. The van der Waals surface area contributed by atoms with E-state index in [4.69, 9.17) is 0 Å². The van der Waals surface area contributed by atoms with Crippen molar-refractivity contribution < 1.29 is 17.6 Å². The Labute approximate surface area is 111 Å². The second-order valence-corrected chi connectivity index (χ2v) is 6.53. The van der Waals surface area contributed by atoms with Crippen LogP contribution in [0.1, 0.15) is 12.8 Å². The molecule has 0 radical (unpaired) electrons. The standard InChI is InChI=1S/C12H15FN2O3S/c1-19(17,18)15(11-5-6-11)8-12(16)14-10-4-2-3-9(13)7-10/h2-4,7,11H,5-6,8H2,1H3,(H,14,16). The van der Waals surface area contributed by atoms with Gasteiger partial charge >= 0.3 is 0 Å². The summed E-state index contributed by atoms with van der Waals surface area (Å²) in [4.78, 5) is 11.8. The number of hydrogen-bond donors (Lipinski definition) is 1. The minimum Gasteiger partial charge on any atom is -0.325 e. The van der Waals surface area contributed by atoms with Crippen molar-refractivity contribution in [2.24, 2.45) is 0 Å². The van der Waals surface area contributed by atoms with Crippen LogP contribution in [-0.4, -0.2) is 37.5 Å². The average Bonchev–Trinajstić information content (AvgIpc) is 3.08. The van der Waals surface area contributed by atoms with E-state index in [1.165, 1.54) is 22.5 Å². The van der Waals surface area contributed by atoms with E-state index in [0.717, 1.165) is 19.1 Å². The highest BCUT2D eigenvalue weighted by Crippen LogP contribution is 2.28. The molecule has 1 aliphatic rings. The first-order chi connectivity index (χ1) is 8.86. The van der Waals surface area contributed by atoms with Gasteiger partial charge in [0.15, 0.2) is 0 Å². The molecule has 1 amide bonds. The maximum Gasteiger partial charge on any atom is 0.239 e. The molecule has 0 bridgehead atoms. The summed E-state index contributed by atoms with van der Waals surface area (Å²) in [6, 6.07) is 5.39. The Bertz CT molecular complexity index is 584. The van der Waals surface area contributed by atoms with E-state index in [2.05, 4.69) is 5.32 Å². The van der Waals surface area contributed by atoms with Gasteiger partial charge in [-0.1, -0.05) is 6.07 Å². The quantitative estimate of drug-likeness (QED) is 0.884. The Balaban J connectivity index is 2.00. The van der Waals surface area contributed by atoms with Gasteiger partial charge in [-0.25, -0.2) is 12.8 Å². The van der Waals surface area contributed by atoms with Gasteiger partial charge in [0.05, 0.1) is 12.8 Å². The van der Waals surface area contributed by atoms with Gasteiger partial charge in [-0.2, -0.15) is 4.31 Å². The van der Waals surface area contributed by atoms with Crippen molar-refractivity contribution in [3.05, 3.63) is 30.1 Å². The fourth-order valence-electron chi connectivity index (χ4n) is 1.79. The third-order valence-electron chi connectivity index (χ3n) is 2.79. The molecule has 1 aromatic carbocycles. The Kier molecular flexibility index (Phi) is 3.86. The summed E-state index contributed by atoms with van der Waals surface area (Å²) in [5.74, 6) is -0.928. The number of rotatable bonds is 5. The Morgan fingerprint density at radius 3 is 2.68 bits per heavy atom. The van der Waals surface area contributed by atoms with Gasteiger partial charge in [0.25, 0.3) is 0 Å². The summed E-state index contributed by atoms with van der Waals surface area (Å²) < 4.78 is 37.2. The number of anilines is 1. The molecule has 2 rings (SSSR count). The van der Waals surface area contributed by atoms with Crippen LogP contribution in [0.15, 0.2) is 24.3 Å². The number of carbonyl (C=O) groups excluding carboxylic acids is 1. The summed E-state index contributed by atoms with van der Waals surface area (Å²) in [6.45, 7) is -0.236. The van der Waals surface area contributed by atoms with Crippen LogP contribution in [0, 0.1) is 5.82 Å². The number of carbonyl (C=O) groups is 1. The summed E-state index contributed by atoms with van der Waals surface area (Å²) in [7, 11) is -3.40. The minimum atomic E-state index is -3.40. The number of hydrogen-bond acceptors (Lipinski definition) is 3. The molecule has 0 spiro atoms. The largest absolute Gasteiger partial charge is 0.325 e. The summed E-state index contributed by atoms with van der Waals surface area (Å²) in [6.07, 6.45) is 2.64. The van der Waals surface area contributed by atoms with Crippen molar-refractivity contribution in [2.75, 3.05) is 18.1 Å². The summed E-state index contributed by atoms with van der Waals surface area (Å²) in [5, 5.41) is 2.48. The zero-order valence-corrected chi connectivity index (χ0v) is 11.3. The number of nitrogens with one attached hydrogen (secondary N) is 1. The van der Waals surface area contributed by atoms with E-state index >= 15 is 0 Å². The molecule has 19 heavy (non-hydrogen) atoms. The predicted molar refractivity (Wildman–Crippen MR) is 69.6 cm³/mol. The molecule has 0 atom stereocenters. The van der Waals surface area contributed by atoms with Crippen LogP contribution in [0.25, 0.3) is 0 Å². The third-order valence-corrected chi connectivity index (χ3v) is 4.07. The third kappa shape index (κ3) is 4.00. The highest BCUT2D eigenvalue weighted by Gasteiger charge is 2.36. The molecule has 1 N–H and O–H groups in total. The van der Waals surface area contributed by atoms with Crippen LogP contribution >= 0.6 is 0 Å². The van der Waals surface area contributed by atoms with Crippen LogP contribution in [0.4, 0.5) is 10.1 Å². The lowest BCUT2D eigenvalue weighted by Crippen LogP contribution is -2.38. The van der Waals surface area contributed by atoms with Crippen LogP contribution in [0.3, 0.4) is 0 Å². The molecule has 1 saturated carbocycles. The molecule has 0 unspecified atom stereocenters. The molecule has 0 saturated heterocycles. The van der Waals surface area contributed by atoms with E-state index in [0.29, 0.717) is 5.69 Å². The number of sulfonamides is 1. The van der Waals surface area contributed by atoms with Gasteiger partial charge in [-0.15, -0.1) is 0 Å². The lowest BCUT2D eigenvalue weighted by Gasteiger charge is -2.18. The number of nitrogens with zero attached hydrogens (tertiary/aromatic N) is 1. The second kappa shape index (κ2) is 5.26. The zero-order chi connectivity index (χ0) is 14.0. The maximum atomic E-state index is 12.9. The number of amides is 1. The molecule has 1 aromatic rings. The topological polar surface area (TPSA) is 66.5 Å². The van der Waals surface area contributed by atoms with Crippen LogP contribution in [0.5, 0.6) is 0 Å². The van der Waals surface area contributed by atoms with Crippen molar-refractivity contribution in [3.8, 4) is 0 Å². The fraction of sp³-hybridized carbons (Fsp3) is 0.417. The van der Waals surface area contributed by atoms with Gasteiger partial charge in [-0.3, -0.25) is 4.79 Å². The van der Waals surface area contributed by atoms with E-state index in [1.54, 1.807) is 6.07 Å². The molecule has 0 aromatic heterocycles. The van der Waals surface area contributed by atoms with Crippen molar-refractivity contribution >= 4 is 21.6 Å². The van der Waals surface area contributed by atoms with E-state index in [1.807, 2.05) is 0 Å². The summed E-state index contributed by atoms with van der Waals surface area (Å²) in [5.41, 5.74) is 0.314. The highest BCUT2D eigenvalue weighted by molar-refractivity contribution is 7.88. The van der Waals surface area contributed by atoms with Gasteiger partial charge in [0.1, 0.15) is 5.82 Å². The molecule has 0 aliphatic heterocycles. The van der Waals surface area contributed by atoms with Gasteiger partial charge in [0.2, 0.25) is 15.9 Å². The molecule has 104 valence electrons. The first-order valence-electron chi connectivity index (χ1n) is 5.88. The highest BCUT2D eigenvalue weighted by atomic mass is 32.2. The van der Waals surface area contributed by atoms with Gasteiger partial charge in [-0.05, 0) is 31.0 Å². The van der Waals surface area contributed by atoms with E-state index < -0.39 is 21.7 Å². The van der Waals surface area contributed by atoms with Gasteiger partial charge in [0, 0.05) is 11.7 Å². The van der Waals surface area contributed by atoms with Crippen molar-refractivity contribution in [1.29, 1.82) is 0 Å². The molecule has 5 nitrogen and oxygen atoms in total. The maximum absolute atomic E-state index is 12.9. The smallest absolute Gasteiger partial charge is 0.239 e. The predicted octanol–water partition coefficient (Wildman–Crippen LogP) is 1.19. The van der Waals surface area contributed by atoms with Crippen LogP contribution in [-0.2, 0) is 14.8 Å². The zero-order valence-electron chi connectivity index (χ0n) is 10.5. The summed E-state index contributed by atoms with van der Waals surface area (Å²) >= 11 is 0. The SMILES string of the molecule is CS(=O)(=O)N(CC(=O)Nc1cccc(F)c1)C1CC1. The van der Waals surface area contributed by atoms with E-state index in [-0.39, 0.29) is 12.6 Å². The van der Waals surface area contributed by atoms with Crippen molar-refractivity contribution in [1.82, 2.24) is 4.31 Å². The normalized spacial score (nSPS) is 15.5. The lowest BCUT2D eigenvalue weighted by atomic mass is 10.3. The first kappa shape index (κ1) is 14.0. The second-order valence-electron chi connectivity index (χ2n) is 4.60. The molecule has 1 aliphatic carbocycles. The molecule has 0 heterocycles. The minimum absolute atomic E-state index is 0.0757. The van der Waals surface area contributed by atoms with Crippen molar-refractivity contribution in [3.63, 3.8) is 0 Å². The van der Waals surface area contributed by atoms with E-state index in [9.17, 15) is 17.6 Å². The molecule has 7 heteroatoms. The Morgan fingerprint density at radius 1 is 1.47 bits per heavy atom. The lowest BCUT2D eigenvalue weighted by molar-refractivity contribution is -0.116. The average molecular weight is 286 g/mol. The van der Waals surface area contributed by atoms with Crippen molar-refractivity contribution in [2.45, 2.75) is 18.9 Å².